The van der Waals surface area contributed by atoms with Crippen molar-refractivity contribution < 1.29 is 24.0 Å². The Hall–Kier alpha value is -4.00. The molecule has 2 aromatic carbocycles. The molecule has 1 aliphatic heterocycles. The quantitative estimate of drug-likeness (QED) is 0.604. The maximum Gasteiger partial charge on any atom is 0.337 e. The third-order valence-electron chi connectivity index (χ3n) is 4.38. The average Bonchev–Trinajstić information content (AvgIpc) is 2.99. The summed E-state index contributed by atoms with van der Waals surface area (Å²) in [5, 5.41) is 0.513. The first kappa shape index (κ1) is 18.4. The molecule has 0 fully saturated rings. The SMILES string of the molecule is O=C(Cc1ccc(OCc2ccncc2)cc1)ON1C(=O)c2ccccc2C1=O. The molecule has 2 amide bonds. The summed E-state index contributed by atoms with van der Waals surface area (Å²) in [5.41, 5.74) is 2.11. The van der Waals surface area contributed by atoms with Gasteiger partial charge in [-0.15, -0.1) is 0 Å². The Morgan fingerprint density at radius 1 is 0.828 bits per heavy atom. The molecule has 0 saturated carbocycles. The van der Waals surface area contributed by atoms with Crippen LogP contribution in [0.25, 0.3) is 0 Å². The minimum atomic E-state index is -0.704. The Kier molecular flexibility index (Phi) is 5.03. The number of rotatable bonds is 6. The van der Waals surface area contributed by atoms with Gasteiger partial charge in [-0.05, 0) is 47.5 Å². The van der Waals surface area contributed by atoms with Crippen LogP contribution in [-0.2, 0) is 22.7 Å². The van der Waals surface area contributed by atoms with E-state index in [-0.39, 0.29) is 17.5 Å². The number of nitrogens with zero attached hydrogens (tertiary/aromatic N) is 2. The zero-order valence-corrected chi connectivity index (χ0v) is 15.3. The molecule has 0 N–H and O–H groups in total. The normalized spacial score (nSPS) is 12.6. The highest BCUT2D eigenvalue weighted by Gasteiger charge is 2.38. The van der Waals surface area contributed by atoms with Gasteiger partial charge in [0.1, 0.15) is 12.4 Å². The fourth-order valence-corrected chi connectivity index (χ4v) is 2.90. The maximum atomic E-state index is 12.2. The van der Waals surface area contributed by atoms with Gasteiger partial charge in [0.25, 0.3) is 11.8 Å². The molecule has 144 valence electrons. The van der Waals surface area contributed by atoms with Crippen LogP contribution in [0.1, 0.15) is 31.8 Å². The van der Waals surface area contributed by atoms with Crippen molar-refractivity contribution in [3.05, 3.63) is 95.3 Å². The number of fused-ring (bicyclic) bond motifs is 1. The highest BCUT2D eigenvalue weighted by atomic mass is 16.7. The van der Waals surface area contributed by atoms with E-state index >= 15 is 0 Å². The first-order chi connectivity index (χ1) is 14.1. The lowest BCUT2D eigenvalue weighted by molar-refractivity contribution is -0.167. The van der Waals surface area contributed by atoms with E-state index in [4.69, 9.17) is 9.57 Å². The number of aromatic nitrogens is 1. The number of hydroxylamine groups is 2. The molecule has 7 nitrogen and oxygen atoms in total. The number of imide groups is 1. The lowest BCUT2D eigenvalue weighted by Gasteiger charge is -2.13. The topological polar surface area (TPSA) is 85.8 Å². The second-order valence-electron chi connectivity index (χ2n) is 6.38. The molecule has 0 spiro atoms. The lowest BCUT2D eigenvalue weighted by atomic mass is 10.1. The molecule has 0 aliphatic carbocycles. The molecular weight excluding hydrogens is 372 g/mol. The van der Waals surface area contributed by atoms with Crippen molar-refractivity contribution in [3.63, 3.8) is 0 Å². The highest BCUT2D eigenvalue weighted by Crippen LogP contribution is 2.23. The number of ether oxygens (including phenoxy) is 1. The average molecular weight is 388 g/mol. The van der Waals surface area contributed by atoms with Crippen molar-refractivity contribution in [2.45, 2.75) is 13.0 Å². The van der Waals surface area contributed by atoms with Gasteiger partial charge in [-0.2, -0.15) is 0 Å². The molecule has 0 saturated heterocycles. The van der Waals surface area contributed by atoms with Crippen LogP contribution in [0.5, 0.6) is 5.75 Å². The van der Waals surface area contributed by atoms with Gasteiger partial charge in [-0.25, -0.2) is 4.79 Å². The van der Waals surface area contributed by atoms with Crippen LogP contribution in [-0.4, -0.2) is 27.8 Å². The minimum Gasteiger partial charge on any atom is -0.489 e. The molecular formula is C22H16N2O5. The highest BCUT2D eigenvalue weighted by molar-refractivity contribution is 6.20. The van der Waals surface area contributed by atoms with Crippen LogP contribution in [0.3, 0.4) is 0 Å². The molecule has 3 aromatic rings. The van der Waals surface area contributed by atoms with E-state index in [1.807, 2.05) is 12.1 Å². The van der Waals surface area contributed by atoms with E-state index in [2.05, 4.69) is 4.98 Å². The van der Waals surface area contributed by atoms with E-state index in [0.717, 1.165) is 5.56 Å². The van der Waals surface area contributed by atoms with Crippen LogP contribution in [0, 0.1) is 0 Å². The van der Waals surface area contributed by atoms with Gasteiger partial charge in [0.05, 0.1) is 17.5 Å². The number of hydrogen-bond acceptors (Lipinski definition) is 6. The van der Waals surface area contributed by atoms with Crippen LogP contribution in [0.4, 0.5) is 0 Å². The number of amides is 2. The summed E-state index contributed by atoms with van der Waals surface area (Å²) < 4.78 is 5.68. The van der Waals surface area contributed by atoms with Gasteiger partial charge >= 0.3 is 5.97 Å². The molecule has 0 bridgehead atoms. The van der Waals surface area contributed by atoms with Crippen molar-refractivity contribution in [2.24, 2.45) is 0 Å². The van der Waals surface area contributed by atoms with Gasteiger partial charge in [-0.3, -0.25) is 14.6 Å². The van der Waals surface area contributed by atoms with Gasteiger partial charge < -0.3 is 9.57 Å². The van der Waals surface area contributed by atoms with Crippen molar-refractivity contribution >= 4 is 17.8 Å². The first-order valence-electron chi connectivity index (χ1n) is 8.91. The van der Waals surface area contributed by atoms with Crippen LogP contribution in [0.2, 0.25) is 0 Å². The molecule has 7 heteroatoms. The molecule has 0 radical (unpaired) electrons. The molecule has 0 unspecified atom stereocenters. The third-order valence-corrected chi connectivity index (χ3v) is 4.38. The zero-order chi connectivity index (χ0) is 20.2. The third kappa shape index (κ3) is 3.98. The smallest absolute Gasteiger partial charge is 0.337 e. The van der Waals surface area contributed by atoms with E-state index in [0.29, 0.717) is 23.0 Å². The number of carbonyl (C=O) groups excluding carboxylic acids is 3. The summed E-state index contributed by atoms with van der Waals surface area (Å²) in [7, 11) is 0. The Morgan fingerprint density at radius 3 is 2.07 bits per heavy atom. The molecule has 0 atom stereocenters. The summed E-state index contributed by atoms with van der Waals surface area (Å²) in [5.74, 6) is -1.33. The summed E-state index contributed by atoms with van der Waals surface area (Å²) >= 11 is 0. The fraction of sp³-hybridized carbons (Fsp3) is 0.0909. The molecule has 29 heavy (non-hydrogen) atoms. The Bertz CT molecular complexity index is 1030. The van der Waals surface area contributed by atoms with Gasteiger partial charge in [-0.1, -0.05) is 29.3 Å². The number of carbonyl (C=O) groups is 3. The summed E-state index contributed by atoms with van der Waals surface area (Å²) in [6.45, 7) is 0.406. The van der Waals surface area contributed by atoms with Crippen molar-refractivity contribution in [2.75, 3.05) is 0 Å². The number of benzene rings is 2. The Labute approximate surface area is 166 Å². The van der Waals surface area contributed by atoms with Gasteiger partial charge in [0.2, 0.25) is 0 Å². The second-order valence-corrected chi connectivity index (χ2v) is 6.38. The van der Waals surface area contributed by atoms with Crippen molar-refractivity contribution in [3.8, 4) is 5.75 Å². The van der Waals surface area contributed by atoms with Gasteiger partial charge in [0, 0.05) is 12.4 Å². The van der Waals surface area contributed by atoms with Gasteiger partial charge in [0.15, 0.2) is 0 Å². The van der Waals surface area contributed by atoms with E-state index < -0.39 is 17.8 Å². The standard InChI is InChI=1S/C22H16N2O5/c25-20(29-24-21(26)18-3-1-2-4-19(18)22(24)27)13-15-5-7-17(8-6-15)28-14-16-9-11-23-12-10-16/h1-12H,13-14H2. The Balaban J connectivity index is 1.33. The van der Waals surface area contributed by atoms with Crippen LogP contribution in [0.15, 0.2) is 73.1 Å². The molecule has 1 aliphatic rings. The predicted molar refractivity (Wildman–Crippen MR) is 102 cm³/mol. The first-order valence-corrected chi connectivity index (χ1v) is 8.91. The van der Waals surface area contributed by atoms with E-state index in [1.54, 1.807) is 48.8 Å². The molecule has 2 heterocycles. The lowest BCUT2D eigenvalue weighted by Crippen LogP contribution is -2.33. The summed E-state index contributed by atoms with van der Waals surface area (Å²) in [6, 6.07) is 17.0. The minimum absolute atomic E-state index is 0.0853. The Morgan fingerprint density at radius 2 is 1.45 bits per heavy atom. The van der Waals surface area contributed by atoms with Crippen LogP contribution >= 0.6 is 0 Å². The largest absolute Gasteiger partial charge is 0.489 e. The molecule has 1 aromatic heterocycles. The van der Waals surface area contributed by atoms with Crippen molar-refractivity contribution in [1.82, 2.24) is 10.0 Å². The van der Waals surface area contributed by atoms with Crippen molar-refractivity contribution in [1.29, 1.82) is 0 Å². The predicted octanol–water partition coefficient (Wildman–Crippen LogP) is 2.96. The summed E-state index contributed by atoms with van der Waals surface area (Å²) in [6.07, 6.45) is 3.31. The summed E-state index contributed by atoms with van der Waals surface area (Å²) in [4.78, 5) is 45.6. The van der Waals surface area contributed by atoms with E-state index in [1.165, 1.54) is 12.1 Å². The van der Waals surface area contributed by atoms with Crippen LogP contribution < -0.4 is 4.74 Å². The number of hydrogen-bond donors (Lipinski definition) is 0. The monoisotopic (exact) mass is 388 g/mol. The fourth-order valence-electron chi connectivity index (χ4n) is 2.90. The zero-order valence-electron chi connectivity index (χ0n) is 15.3. The van der Waals surface area contributed by atoms with E-state index in [9.17, 15) is 14.4 Å². The number of pyridine rings is 1. The maximum absolute atomic E-state index is 12.2. The molecule has 4 rings (SSSR count). The second kappa shape index (κ2) is 7.93.